The number of carbonyl (C=O) groups excluding carboxylic acids is 2. The highest BCUT2D eigenvalue weighted by atomic mass is 35.5. The number of anilines is 1. The van der Waals surface area contributed by atoms with Crippen LogP contribution in [-0.2, 0) is 9.59 Å². The van der Waals surface area contributed by atoms with Crippen LogP contribution >= 0.6 is 11.6 Å². The summed E-state index contributed by atoms with van der Waals surface area (Å²) in [6.07, 6.45) is 0. The molecule has 1 atom stereocenters. The van der Waals surface area contributed by atoms with E-state index in [9.17, 15) is 14.7 Å². The third-order valence-corrected chi connectivity index (χ3v) is 5.26. The molecular formula is C24H18ClNO4. The molecule has 1 saturated heterocycles. The molecule has 150 valence electrons. The van der Waals surface area contributed by atoms with Gasteiger partial charge in [-0.3, -0.25) is 14.5 Å². The van der Waals surface area contributed by atoms with E-state index in [1.165, 1.54) is 12.0 Å². The van der Waals surface area contributed by atoms with Gasteiger partial charge in [0.25, 0.3) is 11.7 Å². The lowest BCUT2D eigenvalue weighted by Crippen LogP contribution is -2.29. The Kier molecular flexibility index (Phi) is 5.29. The van der Waals surface area contributed by atoms with Crippen LogP contribution in [0.3, 0.4) is 0 Å². The molecule has 3 aromatic carbocycles. The first-order chi connectivity index (χ1) is 14.5. The Labute approximate surface area is 178 Å². The van der Waals surface area contributed by atoms with Crippen LogP contribution in [-0.4, -0.2) is 23.9 Å². The number of carbonyl (C=O) groups is 2. The zero-order valence-corrected chi connectivity index (χ0v) is 16.8. The Balaban J connectivity index is 1.94. The summed E-state index contributed by atoms with van der Waals surface area (Å²) in [5.41, 5.74) is 1.62. The first-order valence-corrected chi connectivity index (χ1v) is 9.65. The normalized spacial score (nSPS) is 17.9. The molecule has 30 heavy (non-hydrogen) atoms. The Morgan fingerprint density at radius 1 is 0.967 bits per heavy atom. The molecule has 4 rings (SSSR count). The Morgan fingerprint density at radius 2 is 1.67 bits per heavy atom. The standard InChI is InChI=1S/C24H18ClNO4/c1-30-19-9-5-8-18(14-19)26-21(15-10-12-17(25)13-11-15)20(23(28)24(26)29)22(27)16-6-3-2-4-7-16/h2-14,21,27H,1H3/b22-20-. The second kappa shape index (κ2) is 8.05. The van der Waals surface area contributed by atoms with Gasteiger partial charge in [-0.05, 0) is 29.8 Å². The van der Waals surface area contributed by atoms with E-state index in [1.807, 2.05) is 6.07 Å². The lowest BCUT2D eigenvalue weighted by atomic mass is 9.95. The van der Waals surface area contributed by atoms with Gasteiger partial charge in [-0.1, -0.05) is 60.1 Å². The van der Waals surface area contributed by atoms with E-state index < -0.39 is 17.7 Å². The number of rotatable bonds is 4. The first kappa shape index (κ1) is 19.7. The molecule has 1 heterocycles. The number of aliphatic hydroxyl groups is 1. The van der Waals surface area contributed by atoms with Crippen LogP contribution in [0, 0.1) is 0 Å². The largest absolute Gasteiger partial charge is 0.507 e. The van der Waals surface area contributed by atoms with E-state index >= 15 is 0 Å². The van der Waals surface area contributed by atoms with Crippen molar-refractivity contribution in [1.29, 1.82) is 0 Å². The predicted molar refractivity (Wildman–Crippen MR) is 116 cm³/mol. The molecule has 1 aliphatic heterocycles. The summed E-state index contributed by atoms with van der Waals surface area (Å²) in [5.74, 6) is -1.15. The van der Waals surface area contributed by atoms with Crippen molar-refractivity contribution in [3.05, 3.63) is 101 Å². The number of halogens is 1. The molecule has 0 aliphatic carbocycles. The maximum atomic E-state index is 13.1. The molecule has 1 unspecified atom stereocenters. The van der Waals surface area contributed by atoms with Crippen molar-refractivity contribution < 1.29 is 19.4 Å². The van der Waals surface area contributed by atoms with Gasteiger partial charge in [0, 0.05) is 22.3 Å². The number of amides is 1. The van der Waals surface area contributed by atoms with Crippen LogP contribution in [0.4, 0.5) is 5.69 Å². The third kappa shape index (κ3) is 3.44. The molecule has 0 bridgehead atoms. The van der Waals surface area contributed by atoms with Gasteiger partial charge in [0.05, 0.1) is 18.7 Å². The summed E-state index contributed by atoms with van der Waals surface area (Å²) >= 11 is 6.04. The number of benzene rings is 3. The molecule has 0 aromatic heterocycles. The molecule has 0 saturated carbocycles. The number of aliphatic hydroxyl groups excluding tert-OH is 1. The van der Waals surface area contributed by atoms with Crippen molar-refractivity contribution in [1.82, 2.24) is 0 Å². The highest BCUT2D eigenvalue weighted by molar-refractivity contribution is 6.51. The Bertz CT molecular complexity index is 1140. The van der Waals surface area contributed by atoms with Crippen molar-refractivity contribution in [2.75, 3.05) is 12.0 Å². The van der Waals surface area contributed by atoms with Crippen molar-refractivity contribution in [2.45, 2.75) is 6.04 Å². The fraction of sp³-hybridized carbons (Fsp3) is 0.0833. The van der Waals surface area contributed by atoms with Gasteiger partial charge in [-0.15, -0.1) is 0 Å². The number of ketones is 1. The summed E-state index contributed by atoms with van der Waals surface area (Å²) in [6.45, 7) is 0. The zero-order chi connectivity index (χ0) is 21.3. The minimum absolute atomic E-state index is 0.0244. The number of hydrogen-bond donors (Lipinski definition) is 1. The number of methoxy groups -OCH3 is 1. The summed E-state index contributed by atoms with van der Waals surface area (Å²) in [4.78, 5) is 27.5. The minimum Gasteiger partial charge on any atom is -0.507 e. The predicted octanol–water partition coefficient (Wildman–Crippen LogP) is 4.97. The fourth-order valence-electron chi connectivity index (χ4n) is 3.57. The molecule has 1 aliphatic rings. The number of Topliss-reactive ketones (excluding diaryl/α,β-unsaturated/α-hetero) is 1. The second-order valence-corrected chi connectivity index (χ2v) is 7.22. The molecule has 0 radical (unpaired) electrons. The lowest BCUT2D eigenvalue weighted by molar-refractivity contribution is -0.132. The van der Waals surface area contributed by atoms with Gasteiger partial charge < -0.3 is 9.84 Å². The van der Waals surface area contributed by atoms with Crippen molar-refractivity contribution >= 4 is 34.7 Å². The molecular weight excluding hydrogens is 402 g/mol. The van der Waals surface area contributed by atoms with Gasteiger partial charge in [-0.2, -0.15) is 0 Å². The smallest absolute Gasteiger partial charge is 0.300 e. The Hall–Kier alpha value is -3.57. The van der Waals surface area contributed by atoms with Crippen molar-refractivity contribution in [3.63, 3.8) is 0 Å². The lowest BCUT2D eigenvalue weighted by Gasteiger charge is -2.25. The van der Waals surface area contributed by atoms with Crippen LogP contribution < -0.4 is 9.64 Å². The van der Waals surface area contributed by atoms with Crippen LogP contribution in [0.1, 0.15) is 17.2 Å². The van der Waals surface area contributed by atoms with Gasteiger partial charge in [0.2, 0.25) is 0 Å². The van der Waals surface area contributed by atoms with Gasteiger partial charge >= 0.3 is 0 Å². The molecule has 1 fully saturated rings. The van der Waals surface area contributed by atoms with Crippen molar-refractivity contribution in [2.24, 2.45) is 0 Å². The molecule has 0 spiro atoms. The quantitative estimate of drug-likeness (QED) is 0.368. The molecule has 1 amide bonds. The average Bonchev–Trinajstić information content (AvgIpc) is 3.05. The monoisotopic (exact) mass is 419 g/mol. The van der Waals surface area contributed by atoms with Crippen LogP contribution in [0.2, 0.25) is 5.02 Å². The van der Waals surface area contributed by atoms with Crippen LogP contribution in [0.25, 0.3) is 5.76 Å². The van der Waals surface area contributed by atoms with Gasteiger partial charge in [0.15, 0.2) is 0 Å². The first-order valence-electron chi connectivity index (χ1n) is 9.27. The summed E-state index contributed by atoms with van der Waals surface area (Å²) < 4.78 is 5.28. The van der Waals surface area contributed by atoms with E-state index in [1.54, 1.807) is 72.8 Å². The van der Waals surface area contributed by atoms with Crippen LogP contribution in [0.15, 0.2) is 84.4 Å². The van der Waals surface area contributed by atoms with Gasteiger partial charge in [-0.25, -0.2) is 0 Å². The number of nitrogens with zero attached hydrogens (tertiary/aromatic N) is 1. The Morgan fingerprint density at radius 3 is 2.33 bits per heavy atom. The molecule has 3 aromatic rings. The molecule has 5 nitrogen and oxygen atoms in total. The number of hydrogen-bond acceptors (Lipinski definition) is 4. The number of ether oxygens (including phenoxy) is 1. The van der Waals surface area contributed by atoms with Gasteiger partial charge in [0.1, 0.15) is 11.5 Å². The third-order valence-electron chi connectivity index (χ3n) is 5.01. The summed E-state index contributed by atoms with van der Waals surface area (Å²) in [6, 6.07) is 21.6. The molecule has 1 N–H and O–H groups in total. The highest BCUT2D eigenvalue weighted by Gasteiger charge is 2.47. The van der Waals surface area contributed by atoms with Crippen molar-refractivity contribution in [3.8, 4) is 5.75 Å². The highest BCUT2D eigenvalue weighted by Crippen LogP contribution is 2.42. The topological polar surface area (TPSA) is 66.8 Å². The zero-order valence-electron chi connectivity index (χ0n) is 16.1. The van der Waals surface area contributed by atoms with E-state index in [0.717, 1.165) is 0 Å². The van der Waals surface area contributed by atoms with E-state index in [2.05, 4.69) is 0 Å². The van der Waals surface area contributed by atoms with Crippen LogP contribution in [0.5, 0.6) is 5.75 Å². The fourth-order valence-corrected chi connectivity index (χ4v) is 3.70. The summed E-state index contributed by atoms with van der Waals surface area (Å²) in [5, 5.41) is 11.5. The summed E-state index contributed by atoms with van der Waals surface area (Å²) in [7, 11) is 1.53. The minimum atomic E-state index is -0.811. The molecule has 6 heteroatoms. The van der Waals surface area contributed by atoms with E-state index in [-0.39, 0.29) is 11.3 Å². The van der Waals surface area contributed by atoms with E-state index in [0.29, 0.717) is 27.6 Å². The SMILES string of the molecule is COc1cccc(N2C(=O)C(=O)/C(=C(\O)c3ccccc3)C2c2ccc(Cl)cc2)c1. The maximum absolute atomic E-state index is 13.1. The average molecular weight is 420 g/mol. The maximum Gasteiger partial charge on any atom is 0.300 e. The van der Waals surface area contributed by atoms with E-state index in [4.69, 9.17) is 16.3 Å². The second-order valence-electron chi connectivity index (χ2n) is 6.79.